The van der Waals surface area contributed by atoms with E-state index in [1.807, 2.05) is 6.07 Å². The zero-order valence-corrected chi connectivity index (χ0v) is 18.9. The molecule has 0 aromatic heterocycles. The van der Waals surface area contributed by atoms with Crippen LogP contribution < -0.4 is 5.73 Å². The molecule has 1 saturated carbocycles. The van der Waals surface area contributed by atoms with Crippen molar-refractivity contribution >= 4 is 15.9 Å². The first-order valence-electron chi connectivity index (χ1n) is 11.2. The van der Waals surface area contributed by atoms with Crippen LogP contribution in [0.1, 0.15) is 37.7 Å². The van der Waals surface area contributed by atoms with E-state index >= 15 is 0 Å². The molecule has 6 nitrogen and oxygen atoms in total. The monoisotopic (exact) mass is 459 g/mol. The fourth-order valence-electron chi connectivity index (χ4n) is 4.48. The van der Waals surface area contributed by atoms with Crippen molar-refractivity contribution in [2.24, 2.45) is 5.73 Å². The van der Waals surface area contributed by atoms with E-state index in [1.165, 1.54) is 6.07 Å². The van der Waals surface area contributed by atoms with Gasteiger partial charge in [0.25, 0.3) is 0 Å². The van der Waals surface area contributed by atoms with Crippen LogP contribution in [0.25, 0.3) is 0 Å². The summed E-state index contributed by atoms with van der Waals surface area (Å²) in [5.74, 6) is -0.368. The van der Waals surface area contributed by atoms with Gasteiger partial charge in [-0.3, -0.25) is 4.79 Å². The van der Waals surface area contributed by atoms with Gasteiger partial charge in [0, 0.05) is 37.6 Å². The zero-order valence-electron chi connectivity index (χ0n) is 18.1. The van der Waals surface area contributed by atoms with Crippen LogP contribution in [0, 0.1) is 5.82 Å². The van der Waals surface area contributed by atoms with E-state index in [4.69, 9.17) is 5.73 Å². The number of likely N-dealkylation sites (tertiary alicyclic amines) is 1. The summed E-state index contributed by atoms with van der Waals surface area (Å²) < 4.78 is 42.1. The van der Waals surface area contributed by atoms with Crippen LogP contribution in [0.2, 0.25) is 0 Å². The maximum absolute atomic E-state index is 13.8. The minimum absolute atomic E-state index is 0.0571. The lowest BCUT2D eigenvalue weighted by Gasteiger charge is -2.38. The Kier molecular flexibility index (Phi) is 6.93. The molecule has 1 amide bonds. The number of amides is 1. The first kappa shape index (κ1) is 22.9. The van der Waals surface area contributed by atoms with Crippen LogP contribution in [-0.4, -0.2) is 54.7 Å². The van der Waals surface area contributed by atoms with E-state index < -0.39 is 16.1 Å². The third-order valence-corrected chi connectivity index (χ3v) is 8.30. The van der Waals surface area contributed by atoms with E-state index in [0.717, 1.165) is 12.8 Å². The van der Waals surface area contributed by atoms with Gasteiger partial charge in [-0.25, -0.2) is 12.8 Å². The molecule has 32 heavy (non-hydrogen) atoms. The predicted molar refractivity (Wildman–Crippen MR) is 121 cm³/mol. The van der Waals surface area contributed by atoms with E-state index in [9.17, 15) is 17.6 Å². The molecule has 4 rings (SSSR count). The number of nitrogens with zero attached hydrogens (tertiary/aromatic N) is 2. The normalized spacial score (nSPS) is 18.7. The minimum atomic E-state index is -3.56. The highest BCUT2D eigenvalue weighted by atomic mass is 32.2. The van der Waals surface area contributed by atoms with Gasteiger partial charge >= 0.3 is 0 Å². The molecular weight excluding hydrogens is 429 g/mol. The number of piperidine rings is 1. The van der Waals surface area contributed by atoms with Crippen LogP contribution in [0.4, 0.5) is 4.39 Å². The molecule has 0 spiro atoms. The number of rotatable bonds is 8. The van der Waals surface area contributed by atoms with Crippen molar-refractivity contribution < 1.29 is 17.6 Å². The van der Waals surface area contributed by atoms with Crippen molar-refractivity contribution in [1.29, 1.82) is 0 Å². The first-order valence-corrected chi connectivity index (χ1v) is 12.7. The largest absolute Gasteiger partial charge is 0.343 e. The van der Waals surface area contributed by atoms with Gasteiger partial charge in [0.2, 0.25) is 15.9 Å². The Morgan fingerprint density at radius 2 is 1.59 bits per heavy atom. The number of carbonyl (C=O) groups is 1. The summed E-state index contributed by atoms with van der Waals surface area (Å²) in [5, 5.41) is 0. The van der Waals surface area contributed by atoms with Gasteiger partial charge in [-0.2, -0.15) is 4.31 Å². The van der Waals surface area contributed by atoms with E-state index in [1.54, 1.807) is 51.7 Å². The molecule has 2 N–H and O–H groups in total. The maximum atomic E-state index is 13.8. The number of nitrogens with two attached hydrogens (primary N) is 1. The summed E-state index contributed by atoms with van der Waals surface area (Å²) in [5.41, 5.74) is 6.64. The molecule has 2 aromatic rings. The lowest BCUT2D eigenvalue weighted by Crippen LogP contribution is -2.50. The second-order valence-corrected chi connectivity index (χ2v) is 10.6. The Balaban J connectivity index is 1.34. The molecule has 2 fully saturated rings. The third-order valence-electron chi connectivity index (χ3n) is 6.28. The summed E-state index contributed by atoms with van der Waals surface area (Å²) in [4.78, 5) is 14.8. The third kappa shape index (κ3) is 5.19. The van der Waals surface area contributed by atoms with Gasteiger partial charge < -0.3 is 10.6 Å². The molecular formula is C24H30FN3O3S. The zero-order chi connectivity index (χ0) is 22.7. The summed E-state index contributed by atoms with van der Waals surface area (Å²) >= 11 is 0. The molecule has 8 heteroatoms. The highest BCUT2D eigenvalue weighted by Gasteiger charge is 2.43. The predicted octanol–water partition coefficient (Wildman–Crippen LogP) is 2.93. The SMILES string of the molecule is N[C@@H](CC(=O)N1CCC(N(C2CC2)S(=O)(=O)c2ccccc2)CC1)Cc1ccccc1F. The van der Waals surface area contributed by atoms with Crippen LogP contribution >= 0.6 is 0 Å². The van der Waals surface area contributed by atoms with E-state index in [2.05, 4.69) is 0 Å². The topological polar surface area (TPSA) is 83.7 Å². The van der Waals surface area contributed by atoms with Gasteiger partial charge in [0.05, 0.1) is 4.90 Å². The van der Waals surface area contributed by atoms with Crippen LogP contribution in [0.5, 0.6) is 0 Å². The molecule has 1 aliphatic heterocycles. The lowest BCUT2D eigenvalue weighted by molar-refractivity contribution is -0.132. The average Bonchev–Trinajstić information content (AvgIpc) is 3.61. The summed E-state index contributed by atoms with van der Waals surface area (Å²) in [6.07, 6.45) is 3.44. The Morgan fingerprint density at radius 3 is 2.22 bits per heavy atom. The second-order valence-electron chi connectivity index (χ2n) is 8.75. The number of benzene rings is 2. The molecule has 1 aliphatic carbocycles. The smallest absolute Gasteiger partial charge is 0.243 e. The number of sulfonamides is 1. The molecule has 0 radical (unpaired) electrons. The van der Waals surface area contributed by atoms with Crippen molar-refractivity contribution in [2.45, 2.75) is 61.5 Å². The molecule has 2 aromatic carbocycles. The minimum Gasteiger partial charge on any atom is -0.343 e. The molecule has 1 heterocycles. The molecule has 0 unspecified atom stereocenters. The average molecular weight is 460 g/mol. The molecule has 172 valence electrons. The lowest BCUT2D eigenvalue weighted by atomic mass is 10.0. The second kappa shape index (κ2) is 9.68. The van der Waals surface area contributed by atoms with Crippen molar-refractivity contribution in [1.82, 2.24) is 9.21 Å². The van der Waals surface area contributed by atoms with Crippen molar-refractivity contribution in [3.8, 4) is 0 Å². The Bertz CT molecular complexity index is 1040. The van der Waals surface area contributed by atoms with Crippen molar-refractivity contribution in [3.05, 3.63) is 66.0 Å². The molecule has 2 aliphatic rings. The van der Waals surface area contributed by atoms with Gasteiger partial charge in [0.1, 0.15) is 5.82 Å². The number of hydrogen-bond donors (Lipinski definition) is 1. The van der Waals surface area contributed by atoms with Crippen LogP contribution in [0.15, 0.2) is 59.5 Å². The number of halogens is 1. The van der Waals surface area contributed by atoms with Crippen LogP contribution in [0.3, 0.4) is 0 Å². The maximum Gasteiger partial charge on any atom is 0.243 e. The summed E-state index contributed by atoms with van der Waals surface area (Å²) in [6.45, 7) is 1.01. The molecule has 0 bridgehead atoms. The summed E-state index contributed by atoms with van der Waals surface area (Å²) in [7, 11) is -3.56. The fourth-order valence-corrected chi connectivity index (χ4v) is 6.43. The highest BCUT2D eigenvalue weighted by Crippen LogP contribution is 2.36. The Labute approximate surface area is 189 Å². The summed E-state index contributed by atoms with van der Waals surface area (Å²) in [6, 6.07) is 14.5. The Morgan fingerprint density at radius 1 is 1.00 bits per heavy atom. The van der Waals surface area contributed by atoms with Crippen molar-refractivity contribution in [3.63, 3.8) is 0 Å². The van der Waals surface area contributed by atoms with Gasteiger partial charge in [0.15, 0.2) is 0 Å². The Hall–Kier alpha value is -2.29. The quantitative estimate of drug-likeness (QED) is 0.658. The standard InChI is InChI=1S/C24H30FN3O3S/c25-23-9-5-4-6-18(23)16-19(26)17-24(29)27-14-12-21(13-15-27)28(20-10-11-20)32(30,31)22-7-2-1-3-8-22/h1-9,19-21H,10-17,26H2/t19-/m1/s1. The number of carbonyl (C=O) groups excluding carboxylic acids is 1. The van der Waals surface area contributed by atoms with Crippen LogP contribution in [-0.2, 0) is 21.2 Å². The fraction of sp³-hybridized carbons (Fsp3) is 0.458. The molecule has 1 atom stereocenters. The van der Waals surface area contributed by atoms with Gasteiger partial charge in [-0.1, -0.05) is 36.4 Å². The van der Waals surface area contributed by atoms with Crippen molar-refractivity contribution in [2.75, 3.05) is 13.1 Å². The van der Waals surface area contributed by atoms with Gasteiger partial charge in [-0.15, -0.1) is 0 Å². The number of hydrogen-bond acceptors (Lipinski definition) is 4. The highest BCUT2D eigenvalue weighted by molar-refractivity contribution is 7.89. The van der Waals surface area contributed by atoms with Gasteiger partial charge in [-0.05, 0) is 55.9 Å². The van der Waals surface area contributed by atoms with E-state index in [-0.39, 0.29) is 30.2 Å². The molecule has 1 saturated heterocycles. The van der Waals surface area contributed by atoms with E-state index in [0.29, 0.717) is 42.8 Å². The first-order chi connectivity index (χ1) is 15.4.